The number of morpholine rings is 1. The highest BCUT2D eigenvalue weighted by Crippen LogP contribution is 2.32. The number of carbonyl (C=O) groups is 1. The van der Waals surface area contributed by atoms with E-state index in [9.17, 15) is 4.79 Å². The molecule has 0 unspecified atom stereocenters. The van der Waals surface area contributed by atoms with Gasteiger partial charge in [0.2, 0.25) is 5.91 Å². The Labute approximate surface area is 168 Å². The van der Waals surface area contributed by atoms with Crippen molar-refractivity contribution in [1.82, 2.24) is 4.90 Å². The van der Waals surface area contributed by atoms with Gasteiger partial charge in [-0.3, -0.25) is 9.69 Å². The number of benzene rings is 1. The van der Waals surface area contributed by atoms with Crippen molar-refractivity contribution >= 4 is 36.4 Å². The number of nitrogens with one attached hydrogen (secondary N) is 1. The second-order valence-corrected chi connectivity index (χ2v) is 7.06. The third kappa shape index (κ3) is 5.83. The van der Waals surface area contributed by atoms with Crippen LogP contribution in [0.3, 0.4) is 0 Å². The van der Waals surface area contributed by atoms with Crippen LogP contribution in [0.15, 0.2) is 18.2 Å². The summed E-state index contributed by atoms with van der Waals surface area (Å²) < 4.78 is 5.40. The molecule has 0 aromatic heterocycles. The van der Waals surface area contributed by atoms with Crippen molar-refractivity contribution in [1.29, 1.82) is 0 Å². The van der Waals surface area contributed by atoms with E-state index in [4.69, 9.17) is 10.5 Å². The molecule has 7 heteroatoms. The van der Waals surface area contributed by atoms with Crippen LogP contribution in [-0.2, 0) is 16.1 Å². The predicted octanol–water partition coefficient (Wildman–Crippen LogP) is 2.98. The Hall–Kier alpha value is -0.850. The molecule has 26 heavy (non-hydrogen) atoms. The Bertz CT molecular complexity index is 580. The van der Waals surface area contributed by atoms with E-state index in [1.165, 1.54) is 5.56 Å². The van der Waals surface area contributed by atoms with Gasteiger partial charge in [0.05, 0.1) is 13.2 Å². The Morgan fingerprint density at radius 2 is 2.00 bits per heavy atom. The molecule has 1 heterocycles. The fourth-order valence-electron chi connectivity index (χ4n) is 3.81. The van der Waals surface area contributed by atoms with E-state index < -0.39 is 0 Å². The van der Waals surface area contributed by atoms with Crippen LogP contribution in [-0.4, -0.2) is 43.7 Å². The summed E-state index contributed by atoms with van der Waals surface area (Å²) in [6.45, 7) is 7.10. The van der Waals surface area contributed by atoms with E-state index in [1.54, 1.807) is 0 Å². The third-order valence-corrected chi connectivity index (χ3v) is 5.37. The lowest BCUT2D eigenvalue weighted by Gasteiger charge is -2.27. The highest BCUT2D eigenvalue weighted by atomic mass is 35.5. The fourth-order valence-corrected chi connectivity index (χ4v) is 3.81. The number of halogens is 2. The highest BCUT2D eigenvalue weighted by molar-refractivity contribution is 5.93. The van der Waals surface area contributed by atoms with Crippen LogP contribution in [0.2, 0.25) is 0 Å². The number of rotatable bonds is 5. The number of carbonyl (C=O) groups excluding carboxylic acids is 1. The van der Waals surface area contributed by atoms with Gasteiger partial charge in [0.25, 0.3) is 0 Å². The first-order valence-electron chi connectivity index (χ1n) is 9.08. The van der Waals surface area contributed by atoms with E-state index in [-0.39, 0.29) is 36.6 Å². The second kappa shape index (κ2) is 11.1. The number of amides is 1. The molecule has 148 valence electrons. The molecule has 0 spiro atoms. The number of hydrogen-bond donors (Lipinski definition) is 2. The normalized spacial score (nSPS) is 23.0. The summed E-state index contributed by atoms with van der Waals surface area (Å²) in [5.74, 6) is 0.536. The van der Waals surface area contributed by atoms with Gasteiger partial charge in [-0.2, -0.15) is 0 Å². The minimum absolute atomic E-state index is 0. The summed E-state index contributed by atoms with van der Waals surface area (Å²) in [4.78, 5) is 15.0. The first-order chi connectivity index (χ1) is 11.7. The third-order valence-electron chi connectivity index (χ3n) is 5.37. The molecule has 1 aliphatic heterocycles. The van der Waals surface area contributed by atoms with E-state index >= 15 is 0 Å². The van der Waals surface area contributed by atoms with Crippen LogP contribution < -0.4 is 11.1 Å². The van der Waals surface area contributed by atoms with Crippen molar-refractivity contribution in [3.05, 3.63) is 29.3 Å². The van der Waals surface area contributed by atoms with Crippen LogP contribution in [0.5, 0.6) is 0 Å². The van der Waals surface area contributed by atoms with Crippen molar-refractivity contribution in [2.75, 3.05) is 38.2 Å². The van der Waals surface area contributed by atoms with Crippen LogP contribution in [0.25, 0.3) is 0 Å². The first kappa shape index (κ1) is 23.2. The summed E-state index contributed by atoms with van der Waals surface area (Å²) in [5, 5.41) is 3.16. The maximum absolute atomic E-state index is 12.6. The molecule has 0 bridgehead atoms. The average molecular weight is 404 g/mol. The molecule has 1 saturated carbocycles. The lowest BCUT2D eigenvalue weighted by Crippen LogP contribution is -2.35. The van der Waals surface area contributed by atoms with Gasteiger partial charge in [-0.25, -0.2) is 0 Å². The van der Waals surface area contributed by atoms with E-state index in [1.807, 2.05) is 6.92 Å². The standard InChI is InChI=1S/C19H29N3O2.2ClH/c1-14-5-6-15(13-22-7-9-24-10-8-22)11-18(14)21-19(23)17-4-2-3-16(17)12-20;;/h5-6,11,16-17H,2-4,7-10,12-13,20H2,1H3,(H,21,23);2*1H/t16-,17-;;/m1../s1. The Morgan fingerprint density at radius 1 is 1.27 bits per heavy atom. The van der Waals surface area contributed by atoms with Gasteiger partial charge in [-0.05, 0) is 49.4 Å². The monoisotopic (exact) mass is 403 g/mol. The number of ether oxygens (including phenoxy) is 1. The molecule has 1 saturated heterocycles. The molecule has 1 amide bonds. The molecule has 3 N–H and O–H groups in total. The largest absolute Gasteiger partial charge is 0.379 e. The van der Waals surface area contributed by atoms with E-state index in [0.29, 0.717) is 12.5 Å². The summed E-state index contributed by atoms with van der Waals surface area (Å²) in [7, 11) is 0. The van der Waals surface area contributed by atoms with E-state index in [2.05, 4.69) is 28.4 Å². The zero-order valence-electron chi connectivity index (χ0n) is 15.4. The zero-order valence-corrected chi connectivity index (χ0v) is 17.0. The lowest BCUT2D eigenvalue weighted by atomic mass is 9.95. The van der Waals surface area contributed by atoms with Gasteiger partial charge in [0.1, 0.15) is 0 Å². The van der Waals surface area contributed by atoms with Crippen LogP contribution >= 0.6 is 24.8 Å². The van der Waals surface area contributed by atoms with Crippen molar-refractivity contribution in [2.45, 2.75) is 32.7 Å². The highest BCUT2D eigenvalue weighted by Gasteiger charge is 2.32. The van der Waals surface area contributed by atoms with Gasteiger partial charge < -0.3 is 15.8 Å². The van der Waals surface area contributed by atoms with Crippen LogP contribution in [0.1, 0.15) is 30.4 Å². The number of aryl methyl sites for hydroxylation is 1. The van der Waals surface area contributed by atoms with Crippen molar-refractivity contribution in [2.24, 2.45) is 17.6 Å². The topological polar surface area (TPSA) is 67.6 Å². The number of nitrogens with two attached hydrogens (primary N) is 1. The molecular formula is C19H31Cl2N3O2. The maximum Gasteiger partial charge on any atom is 0.227 e. The number of anilines is 1. The molecule has 1 aliphatic carbocycles. The Kier molecular flexibility index (Phi) is 9.90. The van der Waals surface area contributed by atoms with Crippen molar-refractivity contribution in [3.8, 4) is 0 Å². The van der Waals surface area contributed by atoms with Crippen LogP contribution in [0.4, 0.5) is 5.69 Å². The fraction of sp³-hybridized carbons (Fsp3) is 0.632. The van der Waals surface area contributed by atoms with E-state index in [0.717, 1.165) is 63.4 Å². The predicted molar refractivity (Wildman–Crippen MR) is 110 cm³/mol. The van der Waals surface area contributed by atoms with Gasteiger partial charge in [0, 0.05) is 31.2 Å². The van der Waals surface area contributed by atoms with Crippen LogP contribution in [0, 0.1) is 18.8 Å². The summed E-state index contributed by atoms with van der Waals surface area (Å²) in [6.07, 6.45) is 3.14. The molecule has 1 aromatic rings. The summed E-state index contributed by atoms with van der Waals surface area (Å²) >= 11 is 0. The molecule has 2 fully saturated rings. The quantitative estimate of drug-likeness (QED) is 0.792. The average Bonchev–Trinajstić information content (AvgIpc) is 3.07. The van der Waals surface area contributed by atoms with Gasteiger partial charge >= 0.3 is 0 Å². The second-order valence-electron chi connectivity index (χ2n) is 7.06. The Balaban J connectivity index is 0.00000169. The molecule has 2 aliphatic rings. The minimum atomic E-state index is 0. The number of nitrogens with zero attached hydrogens (tertiary/aromatic N) is 1. The smallest absolute Gasteiger partial charge is 0.227 e. The first-order valence-corrected chi connectivity index (χ1v) is 9.08. The molecule has 2 atom stereocenters. The SMILES string of the molecule is Cc1ccc(CN2CCOCC2)cc1NC(=O)[C@@H]1CCC[C@@H]1CN.Cl.Cl. The van der Waals surface area contributed by atoms with Gasteiger partial charge in [-0.1, -0.05) is 18.6 Å². The summed E-state index contributed by atoms with van der Waals surface area (Å²) in [6, 6.07) is 6.37. The van der Waals surface area contributed by atoms with Gasteiger partial charge in [-0.15, -0.1) is 24.8 Å². The minimum Gasteiger partial charge on any atom is -0.379 e. The lowest BCUT2D eigenvalue weighted by molar-refractivity contribution is -0.120. The molecular weight excluding hydrogens is 373 g/mol. The van der Waals surface area contributed by atoms with Crippen molar-refractivity contribution in [3.63, 3.8) is 0 Å². The number of hydrogen-bond acceptors (Lipinski definition) is 4. The Morgan fingerprint density at radius 3 is 2.69 bits per heavy atom. The zero-order chi connectivity index (χ0) is 16.9. The molecule has 1 aromatic carbocycles. The van der Waals surface area contributed by atoms with Crippen molar-refractivity contribution < 1.29 is 9.53 Å². The molecule has 5 nitrogen and oxygen atoms in total. The van der Waals surface area contributed by atoms with Gasteiger partial charge in [0.15, 0.2) is 0 Å². The molecule has 3 rings (SSSR count). The molecule has 0 radical (unpaired) electrons. The summed E-state index contributed by atoms with van der Waals surface area (Å²) in [5.41, 5.74) is 9.10. The maximum atomic E-state index is 12.6.